The van der Waals surface area contributed by atoms with Crippen LogP contribution in [0.2, 0.25) is 0 Å². The van der Waals surface area contributed by atoms with Gasteiger partial charge in [0.2, 0.25) is 0 Å². The summed E-state index contributed by atoms with van der Waals surface area (Å²) in [7, 11) is 1.67. The zero-order valence-corrected chi connectivity index (χ0v) is 13.2. The Bertz CT molecular complexity index is 738. The third kappa shape index (κ3) is 3.28. The molecule has 22 heavy (non-hydrogen) atoms. The highest BCUT2D eigenvalue weighted by Gasteiger charge is 2.04. The average molecular weight is 312 g/mol. The number of aryl methyl sites for hydroxylation is 1. The van der Waals surface area contributed by atoms with E-state index < -0.39 is 0 Å². The van der Waals surface area contributed by atoms with Crippen molar-refractivity contribution in [2.75, 3.05) is 7.11 Å². The SMILES string of the molecule is COc1ccc(CSc2ccc(-n3ccnc3C)nn2)cc1. The lowest BCUT2D eigenvalue weighted by molar-refractivity contribution is 0.414. The molecular formula is C16H16N4OS. The van der Waals surface area contributed by atoms with Gasteiger partial charge in [0.1, 0.15) is 16.6 Å². The molecule has 6 heteroatoms. The highest BCUT2D eigenvalue weighted by atomic mass is 32.2. The minimum atomic E-state index is 0.781. The van der Waals surface area contributed by atoms with E-state index in [0.717, 1.165) is 28.2 Å². The van der Waals surface area contributed by atoms with E-state index >= 15 is 0 Å². The fourth-order valence-electron chi connectivity index (χ4n) is 2.02. The Hall–Kier alpha value is -2.34. The summed E-state index contributed by atoms with van der Waals surface area (Å²) in [4.78, 5) is 4.19. The Morgan fingerprint density at radius 1 is 1.09 bits per heavy atom. The minimum absolute atomic E-state index is 0.781. The molecule has 0 saturated heterocycles. The average Bonchev–Trinajstić information content (AvgIpc) is 3.00. The summed E-state index contributed by atoms with van der Waals surface area (Å²) in [5.41, 5.74) is 1.22. The monoisotopic (exact) mass is 312 g/mol. The fourth-order valence-corrected chi connectivity index (χ4v) is 2.79. The molecule has 0 bridgehead atoms. The number of hydrogen-bond donors (Lipinski definition) is 0. The van der Waals surface area contributed by atoms with Crippen LogP contribution in [0.4, 0.5) is 0 Å². The molecule has 0 unspecified atom stereocenters. The quantitative estimate of drug-likeness (QED) is 0.677. The van der Waals surface area contributed by atoms with Gasteiger partial charge in [-0.1, -0.05) is 23.9 Å². The lowest BCUT2D eigenvalue weighted by Gasteiger charge is -2.05. The molecule has 2 heterocycles. The van der Waals surface area contributed by atoms with E-state index in [1.54, 1.807) is 25.1 Å². The predicted octanol–water partition coefficient (Wildman–Crippen LogP) is 3.27. The Morgan fingerprint density at radius 2 is 1.91 bits per heavy atom. The van der Waals surface area contributed by atoms with Crippen molar-refractivity contribution in [3.63, 3.8) is 0 Å². The molecule has 1 aromatic carbocycles. The zero-order valence-electron chi connectivity index (χ0n) is 12.4. The summed E-state index contributed by atoms with van der Waals surface area (Å²) in [5, 5.41) is 9.42. The molecule has 0 N–H and O–H groups in total. The van der Waals surface area contributed by atoms with E-state index in [0.29, 0.717) is 0 Å². The molecule has 112 valence electrons. The summed E-state index contributed by atoms with van der Waals surface area (Å²) in [6.07, 6.45) is 3.63. The number of thioether (sulfide) groups is 1. The van der Waals surface area contributed by atoms with Crippen LogP contribution in [-0.4, -0.2) is 26.9 Å². The van der Waals surface area contributed by atoms with Gasteiger partial charge >= 0.3 is 0 Å². The molecule has 3 aromatic rings. The predicted molar refractivity (Wildman–Crippen MR) is 86.4 cm³/mol. The molecule has 0 atom stereocenters. The largest absolute Gasteiger partial charge is 0.497 e. The first-order valence-electron chi connectivity index (χ1n) is 6.86. The Kier molecular flexibility index (Phi) is 4.39. The van der Waals surface area contributed by atoms with Gasteiger partial charge in [0.25, 0.3) is 0 Å². The summed E-state index contributed by atoms with van der Waals surface area (Å²) in [5.74, 6) is 3.40. The normalized spacial score (nSPS) is 10.6. The number of hydrogen-bond acceptors (Lipinski definition) is 5. The molecule has 0 radical (unpaired) electrons. The van der Waals surface area contributed by atoms with E-state index in [9.17, 15) is 0 Å². The fraction of sp³-hybridized carbons (Fsp3) is 0.188. The molecule has 0 aliphatic rings. The number of rotatable bonds is 5. The number of aromatic nitrogens is 4. The molecule has 5 nitrogen and oxygen atoms in total. The number of nitrogens with zero attached hydrogens (tertiary/aromatic N) is 4. The molecule has 0 amide bonds. The van der Waals surface area contributed by atoms with Crippen LogP contribution in [0.25, 0.3) is 5.82 Å². The third-order valence-electron chi connectivity index (χ3n) is 3.24. The maximum Gasteiger partial charge on any atom is 0.160 e. The van der Waals surface area contributed by atoms with E-state index in [1.807, 2.05) is 42.0 Å². The first-order chi connectivity index (χ1) is 10.8. The van der Waals surface area contributed by atoms with Crippen LogP contribution in [0.3, 0.4) is 0 Å². The van der Waals surface area contributed by atoms with Crippen molar-refractivity contribution < 1.29 is 4.74 Å². The molecule has 0 saturated carbocycles. The van der Waals surface area contributed by atoms with Crippen LogP contribution in [-0.2, 0) is 5.75 Å². The smallest absolute Gasteiger partial charge is 0.160 e. The highest BCUT2D eigenvalue weighted by molar-refractivity contribution is 7.98. The van der Waals surface area contributed by atoms with Crippen LogP contribution < -0.4 is 4.74 Å². The van der Waals surface area contributed by atoms with Gasteiger partial charge in [-0.25, -0.2) is 4.98 Å². The summed E-state index contributed by atoms with van der Waals surface area (Å²) < 4.78 is 7.06. The van der Waals surface area contributed by atoms with Gasteiger partial charge in [-0.3, -0.25) is 4.57 Å². The van der Waals surface area contributed by atoms with E-state index in [-0.39, 0.29) is 0 Å². The number of methoxy groups -OCH3 is 1. The summed E-state index contributed by atoms with van der Waals surface area (Å²) in [6.45, 7) is 1.94. The molecule has 0 aliphatic heterocycles. The van der Waals surface area contributed by atoms with Crippen molar-refractivity contribution in [2.24, 2.45) is 0 Å². The van der Waals surface area contributed by atoms with Crippen molar-refractivity contribution in [2.45, 2.75) is 17.7 Å². The van der Waals surface area contributed by atoms with Crippen LogP contribution in [0.15, 0.2) is 53.8 Å². The standard InChI is InChI=1S/C16H16N4OS/c1-12-17-9-10-20(12)15-7-8-16(19-18-15)22-11-13-3-5-14(21-2)6-4-13/h3-10H,11H2,1-2H3. The second kappa shape index (κ2) is 6.62. The van der Waals surface area contributed by atoms with E-state index in [4.69, 9.17) is 4.74 Å². The Balaban J connectivity index is 1.64. The van der Waals surface area contributed by atoms with Crippen molar-refractivity contribution in [3.8, 4) is 11.6 Å². The van der Waals surface area contributed by atoms with E-state index in [2.05, 4.69) is 27.3 Å². The van der Waals surface area contributed by atoms with Crippen molar-refractivity contribution in [3.05, 3.63) is 60.2 Å². The lowest BCUT2D eigenvalue weighted by atomic mass is 10.2. The van der Waals surface area contributed by atoms with Crippen LogP contribution in [0, 0.1) is 6.92 Å². The molecule has 2 aromatic heterocycles. The summed E-state index contributed by atoms with van der Waals surface area (Å²) >= 11 is 1.66. The van der Waals surface area contributed by atoms with Gasteiger partial charge in [0.15, 0.2) is 5.82 Å². The second-order valence-corrected chi connectivity index (χ2v) is 5.71. The van der Waals surface area contributed by atoms with Gasteiger partial charge in [0, 0.05) is 18.1 Å². The van der Waals surface area contributed by atoms with Crippen molar-refractivity contribution in [1.29, 1.82) is 0 Å². The van der Waals surface area contributed by atoms with Crippen LogP contribution in [0.5, 0.6) is 5.75 Å². The number of imidazole rings is 1. The van der Waals surface area contributed by atoms with Gasteiger partial charge < -0.3 is 4.74 Å². The number of ether oxygens (including phenoxy) is 1. The van der Waals surface area contributed by atoms with Crippen molar-refractivity contribution in [1.82, 2.24) is 19.7 Å². The van der Waals surface area contributed by atoms with Crippen LogP contribution in [0.1, 0.15) is 11.4 Å². The maximum atomic E-state index is 5.15. The van der Waals surface area contributed by atoms with Gasteiger partial charge in [-0.15, -0.1) is 10.2 Å². The van der Waals surface area contributed by atoms with Crippen molar-refractivity contribution >= 4 is 11.8 Å². The van der Waals surface area contributed by atoms with Crippen LogP contribution >= 0.6 is 11.8 Å². The topological polar surface area (TPSA) is 52.8 Å². The van der Waals surface area contributed by atoms with Gasteiger partial charge in [-0.2, -0.15) is 0 Å². The third-order valence-corrected chi connectivity index (χ3v) is 4.24. The van der Waals surface area contributed by atoms with Gasteiger partial charge in [-0.05, 0) is 36.8 Å². The molecule has 0 fully saturated rings. The number of benzene rings is 1. The molecule has 0 aliphatic carbocycles. The lowest BCUT2D eigenvalue weighted by Crippen LogP contribution is -2.00. The van der Waals surface area contributed by atoms with Gasteiger partial charge in [0.05, 0.1) is 7.11 Å². The minimum Gasteiger partial charge on any atom is -0.497 e. The first kappa shape index (κ1) is 14.6. The zero-order chi connectivity index (χ0) is 15.4. The second-order valence-electron chi connectivity index (χ2n) is 4.71. The Morgan fingerprint density at radius 3 is 2.50 bits per heavy atom. The molecule has 3 rings (SSSR count). The molecular weight excluding hydrogens is 296 g/mol. The summed E-state index contributed by atoms with van der Waals surface area (Å²) in [6, 6.07) is 12.0. The molecule has 0 spiro atoms. The first-order valence-corrected chi connectivity index (χ1v) is 7.84. The van der Waals surface area contributed by atoms with E-state index in [1.165, 1.54) is 5.56 Å². The highest BCUT2D eigenvalue weighted by Crippen LogP contribution is 2.22. The maximum absolute atomic E-state index is 5.15. The Labute approximate surface area is 133 Å².